The van der Waals surface area contributed by atoms with Crippen LogP contribution < -0.4 is 4.72 Å². The fraction of sp³-hybridized carbons (Fsp3) is 0.389. The summed E-state index contributed by atoms with van der Waals surface area (Å²) in [5.41, 5.74) is 2.22. The van der Waals surface area contributed by atoms with Gasteiger partial charge in [0.2, 0.25) is 5.91 Å². The number of carbonyl (C=O) groups excluding carboxylic acids is 1. The molecule has 0 bridgehead atoms. The number of hydrogen-bond donors (Lipinski definition) is 1. The van der Waals surface area contributed by atoms with Crippen LogP contribution >= 0.6 is 11.3 Å². The molecule has 0 saturated heterocycles. The molecule has 0 spiro atoms. The van der Waals surface area contributed by atoms with Crippen molar-refractivity contribution in [2.45, 2.75) is 24.2 Å². The quantitative estimate of drug-likeness (QED) is 0.706. The molecule has 26 heavy (non-hydrogen) atoms. The van der Waals surface area contributed by atoms with Crippen LogP contribution in [0.15, 0.2) is 46.0 Å². The number of sulfonamides is 1. The van der Waals surface area contributed by atoms with Crippen LogP contribution in [0.3, 0.4) is 0 Å². The van der Waals surface area contributed by atoms with Gasteiger partial charge in [-0.2, -0.15) is 0 Å². The molecule has 0 atom stereocenters. The molecular weight excluding hydrogens is 370 g/mol. The first kappa shape index (κ1) is 20.6. The van der Waals surface area contributed by atoms with Gasteiger partial charge in [0, 0.05) is 19.6 Å². The lowest BCUT2D eigenvalue weighted by Gasteiger charge is -2.21. The van der Waals surface area contributed by atoms with Crippen LogP contribution in [0, 0.1) is 0 Å². The maximum atomic E-state index is 12.4. The van der Waals surface area contributed by atoms with Crippen molar-refractivity contribution in [3.63, 3.8) is 0 Å². The summed E-state index contributed by atoms with van der Waals surface area (Å²) in [6.45, 7) is 3.47. The van der Waals surface area contributed by atoms with Crippen LogP contribution in [-0.4, -0.2) is 51.3 Å². The Morgan fingerprint density at radius 2 is 1.69 bits per heavy atom. The van der Waals surface area contributed by atoms with Crippen molar-refractivity contribution in [1.82, 2.24) is 14.5 Å². The molecule has 1 aromatic carbocycles. The van der Waals surface area contributed by atoms with Crippen LogP contribution in [0.5, 0.6) is 0 Å². The summed E-state index contributed by atoms with van der Waals surface area (Å²) in [5, 5.41) is 1.69. The highest BCUT2D eigenvalue weighted by molar-refractivity contribution is 7.91. The number of likely N-dealkylation sites (N-methyl/N-ethyl adjacent to an activating group) is 1. The number of hydrogen-bond acceptors (Lipinski definition) is 5. The van der Waals surface area contributed by atoms with Crippen molar-refractivity contribution in [2.75, 3.05) is 27.2 Å². The van der Waals surface area contributed by atoms with Crippen molar-refractivity contribution in [2.24, 2.45) is 0 Å². The molecule has 2 aromatic rings. The van der Waals surface area contributed by atoms with Gasteiger partial charge in [0.1, 0.15) is 4.21 Å². The van der Waals surface area contributed by atoms with E-state index in [2.05, 4.69) is 9.62 Å². The maximum absolute atomic E-state index is 12.4. The van der Waals surface area contributed by atoms with E-state index in [-0.39, 0.29) is 16.7 Å². The molecule has 0 fully saturated rings. The molecule has 0 saturated carbocycles. The third-order valence-corrected chi connectivity index (χ3v) is 6.60. The first-order valence-corrected chi connectivity index (χ1v) is 10.7. The van der Waals surface area contributed by atoms with Crippen molar-refractivity contribution in [3.05, 3.63) is 52.9 Å². The molecule has 1 heterocycles. The van der Waals surface area contributed by atoms with Gasteiger partial charge in [0.25, 0.3) is 10.0 Å². The number of nitrogens with one attached hydrogen (secondary N) is 1. The minimum absolute atomic E-state index is 0.213. The Morgan fingerprint density at radius 3 is 2.19 bits per heavy atom. The van der Waals surface area contributed by atoms with Crippen LogP contribution in [0.4, 0.5) is 0 Å². The molecule has 0 radical (unpaired) electrons. The molecule has 6 nitrogen and oxygen atoms in total. The highest BCUT2D eigenvalue weighted by Crippen LogP contribution is 2.15. The first-order valence-electron chi connectivity index (χ1n) is 8.35. The van der Waals surface area contributed by atoms with E-state index in [1.54, 1.807) is 16.3 Å². The fourth-order valence-corrected chi connectivity index (χ4v) is 4.48. The number of benzene rings is 1. The second kappa shape index (κ2) is 9.27. The van der Waals surface area contributed by atoms with E-state index in [1.165, 1.54) is 11.6 Å². The standard InChI is InChI=1S/C18H25N3O3S2/c1-4-21(14-16-9-7-15(8-10-16)13-20(2)3)17(22)12-19-26(23,24)18-6-5-11-25-18/h5-11,19H,4,12-14H2,1-3H3. The van der Waals surface area contributed by atoms with Gasteiger partial charge in [0.05, 0.1) is 6.54 Å². The zero-order valence-corrected chi connectivity index (χ0v) is 16.9. The van der Waals surface area contributed by atoms with Gasteiger partial charge >= 0.3 is 0 Å². The van der Waals surface area contributed by atoms with E-state index >= 15 is 0 Å². The maximum Gasteiger partial charge on any atom is 0.250 e. The lowest BCUT2D eigenvalue weighted by molar-refractivity contribution is -0.130. The monoisotopic (exact) mass is 395 g/mol. The third kappa shape index (κ3) is 5.91. The predicted octanol–water partition coefficient (Wildman–Crippen LogP) is 2.14. The zero-order chi connectivity index (χ0) is 19.2. The largest absolute Gasteiger partial charge is 0.338 e. The normalized spacial score (nSPS) is 11.7. The lowest BCUT2D eigenvalue weighted by Crippen LogP contribution is -2.39. The molecule has 1 amide bonds. The van der Waals surface area contributed by atoms with Gasteiger partial charge in [-0.25, -0.2) is 13.1 Å². The Bertz CT molecular complexity index is 801. The van der Waals surface area contributed by atoms with Gasteiger partial charge in [-0.1, -0.05) is 30.3 Å². The summed E-state index contributed by atoms with van der Waals surface area (Å²) in [7, 11) is 0.406. The Hall–Kier alpha value is -1.74. The van der Waals surface area contributed by atoms with Crippen molar-refractivity contribution < 1.29 is 13.2 Å². The van der Waals surface area contributed by atoms with Crippen LogP contribution in [-0.2, 0) is 27.9 Å². The number of nitrogens with zero attached hydrogens (tertiary/aromatic N) is 2. The number of carbonyl (C=O) groups is 1. The minimum Gasteiger partial charge on any atom is -0.338 e. The SMILES string of the molecule is CCN(Cc1ccc(CN(C)C)cc1)C(=O)CNS(=O)(=O)c1cccs1. The molecule has 1 aromatic heterocycles. The summed E-state index contributed by atoms with van der Waals surface area (Å²) in [4.78, 5) is 16.1. The highest BCUT2D eigenvalue weighted by atomic mass is 32.2. The van der Waals surface area contributed by atoms with Crippen molar-refractivity contribution in [3.8, 4) is 0 Å². The van der Waals surface area contributed by atoms with E-state index in [4.69, 9.17) is 0 Å². The summed E-state index contributed by atoms with van der Waals surface area (Å²) >= 11 is 1.12. The van der Waals surface area contributed by atoms with Crippen molar-refractivity contribution >= 4 is 27.3 Å². The zero-order valence-electron chi connectivity index (χ0n) is 15.3. The van der Waals surface area contributed by atoms with E-state index < -0.39 is 10.0 Å². The summed E-state index contributed by atoms with van der Waals surface area (Å²) in [5.74, 6) is -0.245. The molecule has 0 unspecified atom stereocenters. The average Bonchev–Trinajstić information content (AvgIpc) is 3.14. The molecule has 142 valence electrons. The molecule has 0 aliphatic carbocycles. The number of rotatable bonds is 9. The Labute approximate surface area is 159 Å². The van der Waals surface area contributed by atoms with Gasteiger partial charge in [-0.15, -0.1) is 11.3 Å². The van der Waals surface area contributed by atoms with Gasteiger partial charge in [-0.05, 0) is 43.6 Å². The summed E-state index contributed by atoms with van der Waals surface area (Å²) < 4.78 is 26.8. The summed E-state index contributed by atoms with van der Waals surface area (Å²) in [6.07, 6.45) is 0. The molecule has 2 rings (SSSR count). The van der Waals surface area contributed by atoms with E-state index in [0.29, 0.717) is 13.1 Å². The topological polar surface area (TPSA) is 69.7 Å². The molecule has 0 aliphatic heterocycles. The van der Waals surface area contributed by atoms with E-state index in [9.17, 15) is 13.2 Å². The number of thiophene rings is 1. The van der Waals surface area contributed by atoms with Gasteiger partial charge in [0.15, 0.2) is 0 Å². The second-order valence-electron chi connectivity index (χ2n) is 6.22. The van der Waals surface area contributed by atoms with Crippen LogP contribution in [0.25, 0.3) is 0 Å². The number of amides is 1. The molecule has 0 aliphatic rings. The van der Waals surface area contributed by atoms with Crippen molar-refractivity contribution in [1.29, 1.82) is 0 Å². The van der Waals surface area contributed by atoms with E-state index in [0.717, 1.165) is 23.4 Å². The molecule has 1 N–H and O–H groups in total. The Kier molecular flexibility index (Phi) is 7.33. The molecular formula is C18H25N3O3S2. The second-order valence-corrected chi connectivity index (χ2v) is 9.16. The smallest absolute Gasteiger partial charge is 0.250 e. The van der Waals surface area contributed by atoms with Gasteiger partial charge in [-0.3, -0.25) is 4.79 Å². The summed E-state index contributed by atoms with van der Waals surface area (Å²) in [6, 6.07) is 11.3. The third-order valence-electron chi connectivity index (χ3n) is 3.80. The highest BCUT2D eigenvalue weighted by Gasteiger charge is 2.19. The minimum atomic E-state index is -3.63. The lowest BCUT2D eigenvalue weighted by atomic mass is 10.1. The average molecular weight is 396 g/mol. The van der Waals surface area contributed by atoms with Crippen LogP contribution in [0.1, 0.15) is 18.1 Å². The molecule has 8 heteroatoms. The fourth-order valence-electron chi connectivity index (χ4n) is 2.47. The van der Waals surface area contributed by atoms with Crippen LogP contribution in [0.2, 0.25) is 0 Å². The first-order chi connectivity index (χ1) is 12.3. The van der Waals surface area contributed by atoms with E-state index in [1.807, 2.05) is 45.3 Å². The Morgan fingerprint density at radius 1 is 1.08 bits per heavy atom. The predicted molar refractivity (Wildman–Crippen MR) is 104 cm³/mol. The van der Waals surface area contributed by atoms with Gasteiger partial charge < -0.3 is 9.80 Å². The Balaban J connectivity index is 1.94.